The van der Waals surface area contributed by atoms with E-state index in [0.717, 1.165) is 0 Å². The summed E-state index contributed by atoms with van der Waals surface area (Å²) in [6.45, 7) is 0.202. The molecule has 17 heavy (non-hydrogen) atoms. The lowest BCUT2D eigenvalue weighted by molar-refractivity contribution is -0.384. The molecule has 1 aromatic heterocycles. The van der Waals surface area contributed by atoms with Gasteiger partial charge in [-0.15, -0.1) is 0 Å². The number of rotatable bonds is 4. The summed E-state index contributed by atoms with van der Waals surface area (Å²) < 4.78 is 10.4. The summed E-state index contributed by atoms with van der Waals surface area (Å²) in [6.07, 6.45) is 1.53. The fourth-order valence-corrected chi connectivity index (χ4v) is 1.34. The molecule has 0 saturated heterocycles. The normalized spacial score (nSPS) is 10.1. The van der Waals surface area contributed by atoms with E-state index in [1.165, 1.54) is 24.5 Å². The molecule has 0 aliphatic rings. The van der Waals surface area contributed by atoms with Crippen LogP contribution in [0.15, 0.2) is 41.0 Å². The first-order valence-corrected chi connectivity index (χ1v) is 4.85. The molecule has 0 amide bonds. The van der Waals surface area contributed by atoms with Crippen LogP contribution in [-0.4, -0.2) is 4.92 Å². The molecule has 6 heteroatoms. The highest BCUT2D eigenvalue weighted by molar-refractivity contribution is 5.53. The summed E-state index contributed by atoms with van der Waals surface area (Å²) in [5.74, 6) is 0.975. The lowest BCUT2D eigenvalue weighted by Crippen LogP contribution is -1.97. The van der Waals surface area contributed by atoms with Crippen LogP contribution in [0.25, 0.3) is 0 Å². The SMILES string of the molecule is Nc1cc(OCc2ccco2)cc([N+](=O)[O-])c1. The van der Waals surface area contributed by atoms with Gasteiger partial charge in [-0.2, -0.15) is 0 Å². The van der Waals surface area contributed by atoms with Crippen molar-refractivity contribution in [1.82, 2.24) is 0 Å². The Morgan fingerprint density at radius 1 is 1.41 bits per heavy atom. The monoisotopic (exact) mass is 234 g/mol. The zero-order valence-electron chi connectivity index (χ0n) is 8.83. The summed E-state index contributed by atoms with van der Waals surface area (Å²) in [6, 6.07) is 7.61. The molecule has 0 bridgehead atoms. The fraction of sp³-hybridized carbons (Fsp3) is 0.0909. The number of nitrogens with two attached hydrogens (primary N) is 1. The van der Waals surface area contributed by atoms with Crippen molar-refractivity contribution in [2.45, 2.75) is 6.61 Å². The zero-order valence-corrected chi connectivity index (χ0v) is 8.83. The molecule has 1 heterocycles. The Labute approximate surface area is 96.8 Å². The van der Waals surface area contributed by atoms with Crippen molar-refractivity contribution < 1.29 is 14.1 Å². The van der Waals surface area contributed by atoms with E-state index in [-0.39, 0.29) is 18.0 Å². The highest BCUT2D eigenvalue weighted by Crippen LogP contribution is 2.24. The quantitative estimate of drug-likeness (QED) is 0.498. The predicted octanol–water partition coefficient (Wildman–Crippen LogP) is 2.35. The maximum Gasteiger partial charge on any atom is 0.275 e. The second-order valence-electron chi connectivity index (χ2n) is 3.39. The number of hydrogen-bond donors (Lipinski definition) is 1. The molecular formula is C11H10N2O4. The van der Waals surface area contributed by atoms with Gasteiger partial charge in [0.1, 0.15) is 18.1 Å². The fourth-order valence-electron chi connectivity index (χ4n) is 1.34. The molecule has 6 nitrogen and oxygen atoms in total. The molecule has 1 aromatic carbocycles. The van der Waals surface area contributed by atoms with Crippen LogP contribution in [0.2, 0.25) is 0 Å². The number of benzene rings is 1. The van der Waals surface area contributed by atoms with E-state index in [2.05, 4.69) is 0 Å². The van der Waals surface area contributed by atoms with Gasteiger partial charge in [-0.3, -0.25) is 10.1 Å². The molecule has 0 spiro atoms. The number of nitro benzene ring substituents is 1. The average molecular weight is 234 g/mol. The van der Waals surface area contributed by atoms with Gasteiger partial charge in [-0.05, 0) is 12.1 Å². The Morgan fingerprint density at radius 3 is 2.88 bits per heavy atom. The van der Waals surface area contributed by atoms with Gasteiger partial charge in [-0.25, -0.2) is 0 Å². The highest BCUT2D eigenvalue weighted by Gasteiger charge is 2.09. The molecule has 88 valence electrons. The van der Waals surface area contributed by atoms with Crippen LogP contribution in [0.5, 0.6) is 5.75 Å². The second-order valence-corrected chi connectivity index (χ2v) is 3.39. The molecule has 0 fully saturated rings. The largest absolute Gasteiger partial charge is 0.485 e. The van der Waals surface area contributed by atoms with Crippen LogP contribution in [0.4, 0.5) is 11.4 Å². The van der Waals surface area contributed by atoms with Crippen LogP contribution >= 0.6 is 0 Å². The van der Waals surface area contributed by atoms with Crippen molar-refractivity contribution in [1.29, 1.82) is 0 Å². The van der Waals surface area contributed by atoms with Crippen molar-refractivity contribution in [2.24, 2.45) is 0 Å². The van der Waals surface area contributed by atoms with E-state index in [0.29, 0.717) is 11.5 Å². The number of nitrogens with zero attached hydrogens (tertiary/aromatic N) is 1. The van der Waals surface area contributed by atoms with Crippen LogP contribution in [0.1, 0.15) is 5.76 Å². The van der Waals surface area contributed by atoms with Gasteiger partial charge in [-0.1, -0.05) is 0 Å². The smallest absolute Gasteiger partial charge is 0.275 e. The average Bonchev–Trinajstić information content (AvgIpc) is 2.78. The van der Waals surface area contributed by atoms with Crippen molar-refractivity contribution in [2.75, 3.05) is 5.73 Å². The second kappa shape index (κ2) is 4.56. The minimum Gasteiger partial charge on any atom is -0.485 e. The van der Waals surface area contributed by atoms with Crippen LogP contribution in [0.3, 0.4) is 0 Å². The topological polar surface area (TPSA) is 91.5 Å². The van der Waals surface area contributed by atoms with Crippen molar-refractivity contribution in [3.63, 3.8) is 0 Å². The van der Waals surface area contributed by atoms with E-state index in [1.807, 2.05) is 0 Å². The zero-order chi connectivity index (χ0) is 12.3. The molecule has 2 aromatic rings. The Morgan fingerprint density at radius 2 is 2.24 bits per heavy atom. The minimum absolute atomic E-state index is 0.0977. The number of furan rings is 1. The predicted molar refractivity (Wildman–Crippen MR) is 60.5 cm³/mol. The summed E-state index contributed by atoms with van der Waals surface area (Å²) in [5, 5.41) is 10.6. The van der Waals surface area contributed by atoms with Gasteiger partial charge in [0.25, 0.3) is 5.69 Å². The molecule has 0 aliphatic carbocycles. The lowest BCUT2D eigenvalue weighted by atomic mass is 10.2. The van der Waals surface area contributed by atoms with Crippen LogP contribution in [0, 0.1) is 10.1 Å². The minimum atomic E-state index is -0.518. The third-order valence-corrected chi connectivity index (χ3v) is 2.09. The molecule has 0 aliphatic heterocycles. The van der Waals surface area contributed by atoms with E-state index in [9.17, 15) is 10.1 Å². The van der Waals surface area contributed by atoms with E-state index in [1.54, 1.807) is 12.1 Å². The molecule has 0 saturated carbocycles. The first-order valence-electron chi connectivity index (χ1n) is 4.85. The lowest BCUT2D eigenvalue weighted by Gasteiger charge is -2.05. The van der Waals surface area contributed by atoms with Crippen molar-refractivity contribution in [3.8, 4) is 5.75 Å². The number of nitrogen functional groups attached to an aromatic ring is 1. The van der Waals surface area contributed by atoms with Gasteiger partial charge in [0.2, 0.25) is 0 Å². The molecule has 0 atom stereocenters. The van der Waals surface area contributed by atoms with Crippen molar-refractivity contribution in [3.05, 3.63) is 52.5 Å². The van der Waals surface area contributed by atoms with Gasteiger partial charge in [0.05, 0.1) is 17.3 Å². The van der Waals surface area contributed by atoms with Gasteiger partial charge in [0, 0.05) is 17.8 Å². The number of hydrogen-bond acceptors (Lipinski definition) is 5. The number of anilines is 1. The third kappa shape index (κ3) is 2.75. The van der Waals surface area contributed by atoms with Gasteiger partial charge >= 0.3 is 0 Å². The maximum atomic E-state index is 10.6. The summed E-state index contributed by atoms with van der Waals surface area (Å²) in [4.78, 5) is 10.1. The summed E-state index contributed by atoms with van der Waals surface area (Å²) in [7, 11) is 0. The Kier molecular flexibility index (Phi) is 2.95. The Bertz CT molecular complexity index is 522. The highest BCUT2D eigenvalue weighted by atomic mass is 16.6. The molecule has 2 N–H and O–H groups in total. The van der Waals surface area contributed by atoms with Gasteiger partial charge < -0.3 is 14.9 Å². The summed E-state index contributed by atoms with van der Waals surface area (Å²) >= 11 is 0. The Hall–Kier alpha value is -2.50. The van der Waals surface area contributed by atoms with E-state index in [4.69, 9.17) is 14.9 Å². The molecule has 2 rings (SSSR count). The standard InChI is InChI=1S/C11H10N2O4/c12-8-4-9(13(14)15)6-11(5-8)17-7-10-2-1-3-16-10/h1-6H,7,12H2. The van der Waals surface area contributed by atoms with E-state index < -0.39 is 4.92 Å². The Balaban J connectivity index is 2.13. The maximum absolute atomic E-state index is 10.6. The molecular weight excluding hydrogens is 224 g/mol. The van der Waals surface area contributed by atoms with Crippen LogP contribution in [-0.2, 0) is 6.61 Å². The third-order valence-electron chi connectivity index (χ3n) is 2.09. The number of nitro groups is 1. The molecule has 0 unspecified atom stereocenters. The van der Waals surface area contributed by atoms with Crippen molar-refractivity contribution >= 4 is 11.4 Å². The van der Waals surface area contributed by atoms with Crippen LogP contribution < -0.4 is 10.5 Å². The van der Waals surface area contributed by atoms with Gasteiger partial charge in [0.15, 0.2) is 0 Å². The number of non-ortho nitro benzene ring substituents is 1. The first kappa shape index (κ1) is 11.0. The first-order chi connectivity index (χ1) is 8.15. The van der Waals surface area contributed by atoms with E-state index >= 15 is 0 Å². The number of ether oxygens (including phenoxy) is 1. The summed E-state index contributed by atoms with van der Waals surface area (Å²) in [5.41, 5.74) is 5.73. The molecule has 0 radical (unpaired) electrons.